The Kier molecular flexibility index (Phi) is 4.71. The molecule has 29 heavy (non-hydrogen) atoms. The van der Waals surface area contributed by atoms with Gasteiger partial charge in [-0.05, 0) is 30.6 Å². The summed E-state index contributed by atoms with van der Waals surface area (Å²) in [6, 6.07) is 4.14. The molecule has 2 bridgehead atoms. The molecule has 0 amide bonds. The number of thiazole rings is 1. The second-order valence-corrected chi connectivity index (χ2v) is 9.09. The number of hydrogen-bond donors (Lipinski definition) is 0. The third kappa shape index (κ3) is 3.60. The van der Waals surface area contributed by atoms with Crippen LogP contribution in [0.25, 0.3) is 0 Å². The van der Waals surface area contributed by atoms with E-state index in [-0.39, 0.29) is 5.56 Å². The van der Waals surface area contributed by atoms with Crippen molar-refractivity contribution in [3.8, 4) is 0 Å². The van der Waals surface area contributed by atoms with Gasteiger partial charge < -0.3 is 14.0 Å². The summed E-state index contributed by atoms with van der Waals surface area (Å²) < 4.78 is 7.16. The van der Waals surface area contributed by atoms with Crippen LogP contribution in [0.15, 0.2) is 33.0 Å². The van der Waals surface area contributed by atoms with Crippen molar-refractivity contribution in [1.29, 1.82) is 0 Å². The predicted molar refractivity (Wildman–Crippen MR) is 110 cm³/mol. The highest BCUT2D eigenvalue weighted by Gasteiger charge is 2.36. The maximum absolute atomic E-state index is 13.2. The van der Waals surface area contributed by atoms with Crippen LogP contribution in [0.4, 0.5) is 5.95 Å². The summed E-state index contributed by atoms with van der Waals surface area (Å²) in [5, 5.41) is 7.13. The zero-order chi connectivity index (χ0) is 20.0. The first-order chi connectivity index (χ1) is 14.1. The minimum atomic E-state index is 0.145. The Labute approximate surface area is 172 Å². The van der Waals surface area contributed by atoms with E-state index in [4.69, 9.17) is 4.52 Å². The van der Waals surface area contributed by atoms with Crippen LogP contribution in [0.1, 0.15) is 34.5 Å². The first-order valence-electron chi connectivity index (χ1n) is 9.91. The standard InChI is InChI=1S/C20H24N6O2S/c1-13-22-20(23-28-13)25-8-14-7-16(11-25)17-4-3-15(19(27)26(17)9-14)10-24(2)12-18-21-5-6-29-18/h3-6,14,16H,7-12H2,1-2H3/t14-,16+/m0/s1. The number of aromatic nitrogens is 4. The van der Waals surface area contributed by atoms with Crippen molar-refractivity contribution in [2.75, 3.05) is 25.0 Å². The summed E-state index contributed by atoms with van der Waals surface area (Å²) in [4.78, 5) is 26.3. The Morgan fingerprint density at radius 1 is 1.28 bits per heavy atom. The number of nitrogens with zero attached hydrogens (tertiary/aromatic N) is 6. The summed E-state index contributed by atoms with van der Waals surface area (Å²) in [5.74, 6) is 1.98. The molecule has 3 aromatic heterocycles. The van der Waals surface area contributed by atoms with Crippen LogP contribution in [-0.4, -0.2) is 44.7 Å². The molecule has 0 unspecified atom stereocenters. The van der Waals surface area contributed by atoms with E-state index in [0.717, 1.165) is 48.9 Å². The first-order valence-corrected chi connectivity index (χ1v) is 10.8. The molecule has 1 saturated heterocycles. The molecule has 1 fully saturated rings. The summed E-state index contributed by atoms with van der Waals surface area (Å²) in [5.41, 5.74) is 2.12. The Morgan fingerprint density at radius 3 is 2.93 bits per heavy atom. The van der Waals surface area contributed by atoms with Crippen LogP contribution in [-0.2, 0) is 19.6 Å². The molecule has 5 heterocycles. The van der Waals surface area contributed by atoms with Gasteiger partial charge in [-0.15, -0.1) is 11.3 Å². The van der Waals surface area contributed by atoms with Gasteiger partial charge in [-0.1, -0.05) is 6.07 Å². The fourth-order valence-corrected chi connectivity index (χ4v) is 5.30. The maximum Gasteiger partial charge on any atom is 0.266 e. The molecular weight excluding hydrogens is 388 g/mol. The van der Waals surface area contributed by atoms with Crippen molar-refractivity contribution in [2.24, 2.45) is 5.92 Å². The van der Waals surface area contributed by atoms with Crippen LogP contribution in [0.3, 0.4) is 0 Å². The van der Waals surface area contributed by atoms with Crippen molar-refractivity contribution in [2.45, 2.75) is 38.9 Å². The van der Waals surface area contributed by atoms with Gasteiger partial charge in [0.15, 0.2) is 0 Å². The van der Waals surface area contributed by atoms with Gasteiger partial charge in [-0.2, -0.15) is 4.98 Å². The molecule has 0 aliphatic carbocycles. The third-order valence-corrected chi connectivity index (χ3v) is 6.58. The zero-order valence-electron chi connectivity index (χ0n) is 16.6. The van der Waals surface area contributed by atoms with Crippen LogP contribution in [0.2, 0.25) is 0 Å². The molecule has 3 aromatic rings. The Bertz CT molecular complexity index is 1060. The average molecular weight is 413 g/mol. The molecule has 2 aliphatic rings. The lowest BCUT2D eigenvalue weighted by Gasteiger charge is -2.42. The minimum absolute atomic E-state index is 0.145. The van der Waals surface area contributed by atoms with Gasteiger partial charge in [0.2, 0.25) is 5.89 Å². The van der Waals surface area contributed by atoms with Crippen LogP contribution >= 0.6 is 11.3 Å². The number of pyridine rings is 1. The molecule has 9 heteroatoms. The van der Waals surface area contributed by atoms with Crippen LogP contribution < -0.4 is 10.5 Å². The summed E-state index contributed by atoms with van der Waals surface area (Å²) in [7, 11) is 2.03. The Morgan fingerprint density at radius 2 is 2.17 bits per heavy atom. The second-order valence-electron chi connectivity index (χ2n) is 8.11. The van der Waals surface area contributed by atoms with E-state index in [1.54, 1.807) is 11.3 Å². The normalized spacial score (nSPS) is 20.9. The van der Waals surface area contributed by atoms with E-state index in [0.29, 0.717) is 30.2 Å². The fraction of sp³-hybridized carbons (Fsp3) is 0.500. The van der Waals surface area contributed by atoms with E-state index in [2.05, 4.69) is 31.0 Å². The number of fused-ring (bicyclic) bond motifs is 4. The molecule has 0 saturated carbocycles. The van der Waals surface area contributed by atoms with Gasteiger partial charge >= 0.3 is 0 Å². The highest BCUT2D eigenvalue weighted by atomic mass is 32.1. The number of rotatable bonds is 5. The fourth-order valence-electron chi connectivity index (χ4n) is 4.60. The molecule has 152 valence electrons. The van der Waals surface area contributed by atoms with Gasteiger partial charge in [0.1, 0.15) is 5.01 Å². The SMILES string of the molecule is Cc1nc(N2C[C@@H]3C[C@H](C2)c2ccc(CN(C)Cc4nccs4)c(=O)n2C3)no1. The van der Waals surface area contributed by atoms with Crippen molar-refractivity contribution >= 4 is 17.3 Å². The van der Waals surface area contributed by atoms with Crippen molar-refractivity contribution < 1.29 is 4.52 Å². The second kappa shape index (κ2) is 7.38. The van der Waals surface area contributed by atoms with E-state index >= 15 is 0 Å². The molecule has 2 aliphatic heterocycles. The number of hydrogen-bond acceptors (Lipinski definition) is 8. The average Bonchev–Trinajstić information content (AvgIpc) is 3.36. The summed E-state index contributed by atoms with van der Waals surface area (Å²) in [6.45, 7) is 5.62. The van der Waals surface area contributed by atoms with E-state index < -0.39 is 0 Å². The van der Waals surface area contributed by atoms with Gasteiger partial charge in [0.25, 0.3) is 11.5 Å². The molecule has 2 atom stereocenters. The highest BCUT2D eigenvalue weighted by molar-refractivity contribution is 7.09. The summed E-state index contributed by atoms with van der Waals surface area (Å²) >= 11 is 1.64. The molecule has 0 N–H and O–H groups in total. The molecule has 8 nitrogen and oxygen atoms in total. The molecule has 5 rings (SSSR count). The number of aryl methyl sites for hydroxylation is 1. The van der Waals surface area contributed by atoms with E-state index in [1.165, 1.54) is 0 Å². The smallest absolute Gasteiger partial charge is 0.266 e. The van der Waals surface area contributed by atoms with Gasteiger partial charge in [-0.3, -0.25) is 9.69 Å². The Balaban J connectivity index is 1.36. The third-order valence-electron chi connectivity index (χ3n) is 5.81. The van der Waals surface area contributed by atoms with Crippen molar-refractivity contribution in [3.63, 3.8) is 0 Å². The minimum Gasteiger partial charge on any atom is -0.338 e. The Hall–Kier alpha value is -2.52. The molecule has 0 spiro atoms. The molecule has 0 aromatic carbocycles. The van der Waals surface area contributed by atoms with Gasteiger partial charge in [0, 0.05) is 61.9 Å². The highest BCUT2D eigenvalue weighted by Crippen LogP contribution is 2.36. The topological polar surface area (TPSA) is 80.3 Å². The number of piperidine rings is 1. The first kappa shape index (κ1) is 18.5. The van der Waals surface area contributed by atoms with Crippen molar-refractivity contribution in [3.05, 3.63) is 56.2 Å². The molecular formula is C20H24N6O2S. The number of anilines is 1. The lowest BCUT2D eigenvalue weighted by atomic mass is 9.83. The van der Waals surface area contributed by atoms with Gasteiger partial charge in [-0.25, -0.2) is 4.98 Å². The van der Waals surface area contributed by atoms with Crippen LogP contribution in [0.5, 0.6) is 0 Å². The lowest BCUT2D eigenvalue weighted by molar-refractivity contribution is 0.273. The van der Waals surface area contributed by atoms with E-state index in [1.807, 2.05) is 36.2 Å². The molecule has 0 radical (unpaired) electrons. The van der Waals surface area contributed by atoms with Crippen molar-refractivity contribution in [1.82, 2.24) is 24.6 Å². The summed E-state index contributed by atoms with van der Waals surface area (Å²) in [6.07, 6.45) is 2.93. The lowest BCUT2D eigenvalue weighted by Crippen LogP contribution is -2.48. The van der Waals surface area contributed by atoms with Gasteiger partial charge in [0.05, 0.1) is 6.54 Å². The predicted octanol–water partition coefficient (Wildman–Crippen LogP) is 2.25. The monoisotopic (exact) mass is 412 g/mol. The van der Waals surface area contributed by atoms with Crippen LogP contribution in [0, 0.1) is 12.8 Å². The maximum atomic E-state index is 13.2. The quantitative estimate of drug-likeness (QED) is 0.636. The zero-order valence-corrected chi connectivity index (χ0v) is 17.4. The van der Waals surface area contributed by atoms with E-state index in [9.17, 15) is 4.79 Å². The largest absolute Gasteiger partial charge is 0.338 e.